The van der Waals surface area contributed by atoms with E-state index in [0.717, 1.165) is 23.0 Å². The van der Waals surface area contributed by atoms with Crippen molar-refractivity contribution in [3.05, 3.63) is 48.2 Å². The van der Waals surface area contributed by atoms with E-state index in [1.165, 1.54) is 6.08 Å². The van der Waals surface area contributed by atoms with Gasteiger partial charge in [0, 0.05) is 24.1 Å². The molecule has 110 valence electrons. The highest BCUT2D eigenvalue weighted by molar-refractivity contribution is 5.92. The molecule has 1 aromatic heterocycles. The Morgan fingerprint density at radius 3 is 2.90 bits per heavy atom. The summed E-state index contributed by atoms with van der Waals surface area (Å²) in [6, 6.07) is 11.7. The Labute approximate surface area is 124 Å². The van der Waals surface area contributed by atoms with Crippen LogP contribution in [0.2, 0.25) is 0 Å². The fourth-order valence-corrected chi connectivity index (χ4v) is 2.12. The first-order valence-corrected chi connectivity index (χ1v) is 7.18. The van der Waals surface area contributed by atoms with E-state index in [4.69, 9.17) is 5.11 Å². The Kier molecular flexibility index (Phi) is 5.46. The van der Waals surface area contributed by atoms with Gasteiger partial charge < -0.3 is 10.4 Å². The lowest BCUT2D eigenvalue weighted by atomic mass is 10.1. The van der Waals surface area contributed by atoms with E-state index in [0.29, 0.717) is 6.42 Å². The third-order valence-corrected chi connectivity index (χ3v) is 3.34. The van der Waals surface area contributed by atoms with Crippen molar-refractivity contribution in [2.45, 2.75) is 25.8 Å². The summed E-state index contributed by atoms with van der Waals surface area (Å²) in [4.78, 5) is 16.3. The van der Waals surface area contributed by atoms with Gasteiger partial charge in [-0.3, -0.25) is 4.79 Å². The number of carbonyl (C=O) groups is 1. The highest BCUT2D eigenvalue weighted by Gasteiger charge is 2.07. The molecule has 1 unspecified atom stereocenters. The van der Waals surface area contributed by atoms with Gasteiger partial charge in [0.15, 0.2) is 0 Å². The molecule has 0 saturated carbocycles. The number of aliphatic hydroxyl groups is 1. The lowest BCUT2D eigenvalue weighted by Gasteiger charge is -2.13. The minimum atomic E-state index is -0.162. The first kappa shape index (κ1) is 15.2. The zero-order chi connectivity index (χ0) is 15.1. The maximum Gasteiger partial charge on any atom is 0.244 e. The number of benzene rings is 1. The topological polar surface area (TPSA) is 62.2 Å². The third-order valence-electron chi connectivity index (χ3n) is 3.34. The van der Waals surface area contributed by atoms with Gasteiger partial charge in [-0.05, 0) is 31.1 Å². The number of hydrogen-bond acceptors (Lipinski definition) is 3. The third kappa shape index (κ3) is 4.39. The minimum Gasteiger partial charge on any atom is -0.396 e. The van der Waals surface area contributed by atoms with Crippen molar-refractivity contribution in [2.24, 2.45) is 0 Å². The second-order valence-electron chi connectivity index (χ2n) is 4.89. The average Bonchev–Trinajstić information content (AvgIpc) is 2.52. The number of carbonyl (C=O) groups excluding carboxylic acids is 1. The molecule has 4 nitrogen and oxygen atoms in total. The normalized spacial score (nSPS) is 12.7. The van der Waals surface area contributed by atoms with Gasteiger partial charge in [0.05, 0.1) is 11.2 Å². The number of rotatable bonds is 6. The van der Waals surface area contributed by atoms with E-state index in [1.54, 1.807) is 6.08 Å². The average molecular weight is 284 g/mol. The Morgan fingerprint density at radius 1 is 1.33 bits per heavy atom. The van der Waals surface area contributed by atoms with Crippen molar-refractivity contribution in [1.82, 2.24) is 10.3 Å². The molecule has 21 heavy (non-hydrogen) atoms. The molecule has 0 aliphatic rings. The Bertz CT molecular complexity index is 637. The molecule has 4 heteroatoms. The molecule has 0 aliphatic carbocycles. The van der Waals surface area contributed by atoms with E-state index in [2.05, 4.69) is 10.3 Å². The van der Waals surface area contributed by atoms with Crippen LogP contribution in [0.4, 0.5) is 0 Å². The summed E-state index contributed by atoms with van der Waals surface area (Å²) in [5, 5.41) is 12.8. The monoisotopic (exact) mass is 284 g/mol. The molecule has 1 amide bonds. The first-order valence-electron chi connectivity index (χ1n) is 7.18. The fourth-order valence-electron chi connectivity index (χ4n) is 2.12. The van der Waals surface area contributed by atoms with Crippen molar-refractivity contribution in [3.63, 3.8) is 0 Å². The second kappa shape index (κ2) is 7.55. The number of aromatic nitrogens is 1. The van der Waals surface area contributed by atoms with Gasteiger partial charge in [-0.15, -0.1) is 0 Å². The summed E-state index contributed by atoms with van der Waals surface area (Å²) in [6.45, 7) is 2.06. The van der Waals surface area contributed by atoms with Crippen LogP contribution in [-0.4, -0.2) is 28.6 Å². The highest BCUT2D eigenvalue weighted by atomic mass is 16.3. The molecule has 0 bridgehead atoms. The van der Waals surface area contributed by atoms with Gasteiger partial charge in [0.1, 0.15) is 0 Å². The van der Waals surface area contributed by atoms with Gasteiger partial charge in [-0.25, -0.2) is 4.98 Å². The Morgan fingerprint density at radius 2 is 2.14 bits per heavy atom. The number of fused-ring (bicyclic) bond motifs is 1. The number of amides is 1. The molecular formula is C17H20N2O2. The van der Waals surface area contributed by atoms with Crippen LogP contribution in [0.3, 0.4) is 0 Å². The van der Waals surface area contributed by atoms with Gasteiger partial charge in [0.2, 0.25) is 5.91 Å². The van der Waals surface area contributed by atoms with Gasteiger partial charge >= 0.3 is 0 Å². The lowest BCUT2D eigenvalue weighted by molar-refractivity contribution is -0.117. The summed E-state index contributed by atoms with van der Waals surface area (Å²) >= 11 is 0. The molecule has 1 aromatic carbocycles. The molecule has 0 radical (unpaired) electrons. The van der Waals surface area contributed by atoms with Crippen molar-refractivity contribution in [2.75, 3.05) is 6.61 Å². The molecule has 0 saturated heterocycles. The zero-order valence-electron chi connectivity index (χ0n) is 12.1. The summed E-state index contributed by atoms with van der Waals surface area (Å²) in [5.41, 5.74) is 1.66. The molecule has 0 aliphatic heterocycles. The molecule has 2 N–H and O–H groups in total. The Balaban J connectivity index is 2.03. The van der Waals surface area contributed by atoms with Gasteiger partial charge in [-0.2, -0.15) is 0 Å². The molecule has 0 spiro atoms. The highest BCUT2D eigenvalue weighted by Crippen LogP contribution is 2.12. The van der Waals surface area contributed by atoms with Crippen LogP contribution < -0.4 is 5.32 Å². The standard InChI is InChI=1S/C17H20N2O2/c1-2-14(11-12-20)19-17(21)10-9-15-8-7-13-5-3-4-6-16(13)18-15/h3-10,14,20H,2,11-12H2,1H3,(H,19,21)/b10-9+. The van der Waals surface area contributed by atoms with Crippen LogP contribution in [0.5, 0.6) is 0 Å². The molecule has 2 aromatic rings. The van der Waals surface area contributed by atoms with E-state index in [1.807, 2.05) is 43.3 Å². The minimum absolute atomic E-state index is 0.0108. The van der Waals surface area contributed by atoms with Crippen LogP contribution in [-0.2, 0) is 4.79 Å². The predicted octanol–water partition coefficient (Wildman–Crippen LogP) is 2.53. The molecule has 2 rings (SSSR count). The number of para-hydroxylation sites is 1. The van der Waals surface area contributed by atoms with Gasteiger partial charge in [-0.1, -0.05) is 31.2 Å². The van der Waals surface area contributed by atoms with Crippen LogP contribution in [0.25, 0.3) is 17.0 Å². The van der Waals surface area contributed by atoms with Crippen LogP contribution in [0.1, 0.15) is 25.5 Å². The van der Waals surface area contributed by atoms with Crippen molar-refractivity contribution in [1.29, 1.82) is 0 Å². The second-order valence-corrected chi connectivity index (χ2v) is 4.89. The zero-order valence-corrected chi connectivity index (χ0v) is 12.1. The number of nitrogens with one attached hydrogen (secondary N) is 1. The Hall–Kier alpha value is -2.20. The van der Waals surface area contributed by atoms with Crippen LogP contribution in [0, 0.1) is 0 Å². The first-order chi connectivity index (χ1) is 10.2. The lowest BCUT2D eigenvalue weighted by Crippen LogP contribution is -2.33. The largest absolute Gasteiger partial charge is 0.396 e. The molecule has 1 heterocycles. The smallest absolute Gasteiger partial charge is 0.244 e. The predicted molar refractivity (Wildman–Crippen MR) is 84.7 cm³/mol. The number of pyridine rings is 1. The maximum absolute atomic E-state index is 11.8. The van der Waals surface area contributed by atoms with Crippen molar-refractivity contribution < 1.29 is 9.90 Å². The summed E-state index contributed by atoms with van der Waals surface area (Å²) in [7, 11) is 0. The molecule has 1 atom stereocenters. The summed E-state index contributed by atoms with van der Waals surface area (Å²) < 4.78 is 0. The van der Waals surface area contributed by atoms with E-state index in [-0.39, 0.29) is 18.6 Å². The molecule has 0 fully saturated rings. The molecular weight excluding hydrogens is 264 g/mol. The van der Waals surface area contributed by atoms with E-state index in [9.17, 15) is 4.79 Å². The number of aliphatic hydroxyl groups excluding tert-OH is 1. The maximum atomic E-state index is 11.8. The SMILES string of the molecule is CCC(CCO)NC(=O)/C=C/c1ccc2ccccc2n1. The van der Waals surface area contributed by atoms with Crippen LogP contribution in [0.15, 0.2) is 42.5 Å². The quantitative estimate of drug-likeness (QED) is 0.801. The van der Waals surface area contributed by atoms with E-state index < -0.39 is 0 Å². The number of nitrogens with zero attached hydrogens (tertiary/aromatic N) is 1. The van der Waals surface area contributed by atoms with E-state index >= 15 is 0 Å². The van der Waals surface area contributed by atoms with Crippen molar-refractivity contribution >= 4 is 22.9 Å². The fraction of sp³-hybridized carbons (Fsp3) is 0.294. The summed E-state index contributed by atoms with van der Waals surface area (Å²) in [5.74, 6) is -0.162. The van der Waals surface area contributed by atoms with Crippen LogP contribution >= 0.6 is 0 Å². The van der Waals surface area contributed by atoms with Crippen molar-refractivity contribution in [3.8, 4) is 0 Å². The summed E-state index contributed by atoms with van der Waals surface area (Å²) in [6.07, 6.45) is 4.56. The number of hydrogen-bond donors (Lipinski definition) is 2. The van der Waals surface area contributed by atoms with Gasteiger partial charge in [0.25, 0.3) is 0 Å².